The number of nitrogens with two attached hydrogens (primary N) is 1. The van der Waals surface area contributed by atoms with Gasteiger partial charge in [0.2, 0.25) is 0 Å². The highest BCUT2D eigenvalue weighted by atomic mass is 16.5. The minimum absolute atomic E-state index is 0.260. The van der Waals surface area contributed by atoms with Crippen LogP contribution in [-0.4, -0.2) is 15.0 Å². The molecule has 84 valence electrons. The van der Waals surface area contributed by atoms with Crippen molar-refractivity contribution in [1.29, 1.82) is 0 Å². The molecule has 0 aliphatic heterocycles. The van der Waals surface area contributed by atoms with Gasteiger partial charge in [0.25, 0.3) is 11.5 Å². The average Bonchev–Trinajstić information content (AvgIpc) is 2.78. The fourth-order valence-electron chi connectivity index (χ4n) is 1.54. The van der Waals surface area contributed by atoms with E-state index >= 15 is 0 Å². The topological polar surface area (TPSA) is 91.0 Å². The van der Waals surface area contributed by atoms with Gasteiger partial charge in [-0.25, -0.2) is 9.97 Å². The Balaban J connectivity index is 2.08. The van der Waals surface area contributed by atoms with Crippen LogP contribution >= 0.6 is 0 Å². The molecule has 2 aromatic heterocycles. The lowest BCUT2D eigenvalue weighted by molar-refractivity contribution is -0.375. The van der Waals surface area contributed by atoms with Crippen molar-refractivity contribution < 1.29 is 9.72 Å². The molecular formula is C11H10N5O+. The van der Waals surface area contributed by atoms with E-state index in [4.69, 9.17) is 10.5 Å². The number of fused-ring (bicyclic) bond motifs is 1. The Morgan fingerprint density at radius 2 is 2.06 bits per heavy atom. The largest absolute Gasteiger partial charge is 0.427 e. The van der Waals surface area contributed by atoms with Crippen molar-refractivity contribution in [1.82, 2.24) is 15.0 Å². The average molecular weight is 228 g/mol. The van der Waals surface area contributed by atoms with Gasteiger partial charge in [-0.3, -0.25) is 5.73 Å². The lowest BCUT2D eigenvalue weighted by atomic mass is 10.3. The van der Waals surface area contributed by atoms with Gasteiger partial charge >= 0.3 is 5.95 Å². The number of para-hydroxylation sites is 1. The summed E-state index contributed by atoms with van der Waals surface area (Å²) >= 11 is 0. The predicted molar refractivity (Wildman–Crippen MR) is 61.4 cm³/mol. The zero-order valence-electron chi connectivity index (χ0n) is 8.84. The van der Waals surface area contributed by atoms with Crippen molar-refractivity contribution in [2.24, 2.45) is 0 Å². The normalized spacial score (nSPS) is 10.6. The summed E-state index contributed by atoms with van der Waals surface area (Å²) in [5.74, 6) is 1.47. The standard InChI is InChI=1S/C11H9N5O/c12-11-15-9-8(13-6-14-9)10(16-11)17-7-4-2-1-3-5-7/h1-6H,(H3,12,13,14,15,16)/p+1. The first kappa shape index (κ1) is 9.59. The lowest BCUT2D eigenvalue weighted by Crippen LogP contribution is -2.15. The summed E-state index contributed by atoms with van der Waals surface area (Å²) in [5.41, 5.74) is 6.84. The van der Waals surface area contributed by atoms with E-state index in [2.05, 4.69) is 19.9 Å². The van der Waals surface area contributed by atoms with Crippen molar-refractivity contribution in [2.75, 3.05) is 5.73 Å². The number of aromatic nitrogens is 4. The molecule has 0 aliphatic rings. The van der Waals surface area contributed by atoms with Crippen molar-refractivity contribution in [3.63, 3.8) is 0 Å². The minimum Gasteiger partial charge on any atom is -0.427 e. The molecular weight excluding hydrogens is 218 g/mol. The van der Waals surface area contributed by atoms with E-state index in [9.17, 15) is 0 Å². The highest BCUT2D eigenvalue weighted by Gasteiger charge is 2.14. The second-order valence-corrected chi connectivity index (χ2v) is 3.47. The van der Waals surface area contributed by atoms with Crippen LogP contribution in [0.5, 0.6) is 11.6 Å². The fourth-order valence-corrected chi connectivity index (χ4v) is 1.54. The predicted octanol–water partition coefficient (Wildman–Crippen LogP) is 1.15. The molecule has 6 nitrogen and oxygen atoms in total. The summed E-state index contributed by atoms with van der Waals surface area (Å²) in [4.78, 5) is 13.9. The van der Waals surface area contributed by atoms with Crippen LogP contribution in [0.15, 0.2) is 36.7 Å². The quantitative estimate of drug-likeness (QED) is 0.688. The number of nitrogens with zero attached hydrogens (tertiary/aromatic N) is 2. The fraction of sp³-hybridized carbons (Fsp3) is 0. The van der Waals surface area contributed by atoms with Gasteiger partial charge in [-0.1, -0.05) is 18.2 Å². The molecule has 0 saturated heterocycles. The molecule has 0 aliphatic carbocycles. The molecule has 0 bridgehead atoms. The van der Waals surface area contributed by atoms with Crippen LogP contribution in [0.1, 0.15) is 0 Å². The highest BCUT2D eigenvalue weighted by Crippen LogP contribution is 2.22. The van der Waals surface area contributed by atoms with Crippen LogP contribution in [0, 0.1) is 0 Å². The van der Waals surface area contributed by atoms with E-state index in [0.717, 1.165) is 0 Å². The molecule has 0 spiro atoms. The molecule has 1 aromatic carbocycles. The van der Waals surface area contributed by atoms with E-state index in [1.54, 1.807) is 6.33 Å². The van der Waals surface area contributed by atoms with E-state index < -0.39 is 0 Å². The van der Waals surface area contributed by atoms with Gasteiger partial charge < -0.3 is 9.72 Å². The number of imidazole rings is 1. The number of hydrogen-bond acceptors (Lipinski definition) is 4. The van der Waals surface area contributed by atoms with Crippen molar-refractivity contribution in [2.45, 2.75) is 0 Å². The first-order valence-electron chi connectivity index (χ1n) is 5.08. The smallest absolute Gasteiger partial charge is 0.392 e. The maximum Gasteiger partial charge on any atom is 0.392 e. The maximum atomic E-state index is 5.68. The van der Waals surface area contributed by atoms with Crippen LogP contribution in [-0.2, 0) is 0 Å². The Bertz CT molecular complexity index is 649. The molecule has 3 rings (SSSR count). The van der Waals surface area contributed by atoms with Crippen LogP contribution in [0.3, 0.4) is 0 Å². The van der Waals surface area contributed by atoms with Gasteiger partial charge in [-0.15, -0.1) is 0 Å². The second-order valence-electron chi connectivity index (χ2n) is 3.47. The van der Waals surface area contributed by atoms with E-state index in [1.807, 2.05) is 30.3 Å². The molecule has 6 heteroatoms. The summed E-state index contributed by atoms with van der Waals surface area (Å²) < 4.78 is 5.68. The molecule has 0 radical (unpaired) electrons. The third-order valence-corrected chi connectivity index (χ3v) is 2.28. The second kappa shape index (κ2) is 3.75. The summed E-state index contributed by atoms with van der Waals surface area (Å²) in [6.07, 6.45) is 1.54. The monoisotopic (exact) mass is 228 g/mol. The molecule has 0 amide bonds. The van der Waals surface area contributed by atoms with Crippen LogP contribution < -0.4 is 15.5 Å². The van der Waals surface area contributed by atoms with E-state index in [1.165, 1.54) is 0 Å². The first-order chi connectivity index (χ1) is 8.33. The molecule has 0 saturated carbocycles. The van der Waals surface area contributed by atoms with Gasteiger partial charge in [0, 0.05) is 0 Å². The van der Waals surface area contributed by atoms with Crippen molar-refractivity contribution in [3.05, 3.63) is 36.7 Å². The number of ether oxygens (including phenoxy) is 1. The van der Waals surface area contributed by atoms with E-state index in [0.29, 0.717) is 22.8 Å². The zero-order valence-corrected chi connectivity index (χ0v) is 8.84. The summed E-state index contributed by atoms with van der Waals surface area (Å²) in [5, 5.41) is 0. The number of rotatable bonds is 2. The molecule has 0 unspecified atom stereocenters. The molecule has 0 fully saturated rings. The Kier molecular flexibility index (Phi) is 2.11. The van der Waals surface area contributed by atoms with Gasteiger partial charge in [0.05, 0.1) is 6.33 Å². The number of anilines is 1. The number of hydrogen-bond donors (Lipinski definition) is 2. The number of nitrogen functional groups attached to an aromatic ring is 1. The zero-order chi connectivity index (χ0) is 11.7. The maximum absolute atomic E-state index is 5.68. The van der Waals surface area contributed by atoms with Gasteiger partial charge in [0.1, 0.15) is 5.75 Å². The Morgan fingerprint density at radius 1 is 1.24 bits per heavy atom. The van der Waals surface area contributed by atoms with Crippen molar-refractivity contribution >= 4 is 17.1 Å². The van der Waals surface area contributed by atoms with E-state index in [-0.39, 0.29) is 5.95 Å². The summed E-state index contributed by atoms with van der Waals surface area (Å²) in [6.45, 7) is 0. The van der Waals surface area contributed by atoms with Gasteiger partial charge in [-0.2, -0.15) is 0 Å². The number of H-pyrrole nitrogens is 2. The molecule has 0 atom stereocenters. The Hall–Kier alpha value is -2.63. The molecule has 17 heavy (non-hydrogen) atoms. The van der Waals surface area contributed by atoms with Crippen molar-refractivity contribution in [3.8, 4) is 11.6 Å². The Morgan fingerprint density at radius 3 is 2.88 bits per heavy atom. The highest BCUT2D eigenvalue weighted by molar-refractivity contribution is 5.74. The van der Waals surface area contributed by atoms with Crippen LogP contribution in [0.2, 0.25) is 0 Å². The third-order valence-electron chi connectivity index (χ3n) is 2.28. The number of benzene rings is 1. The first-order valence-corrected chi connectivity index (χ1v) is 5.08. The molecule has 3 aromatic rings. The number of nitrogens with one attached hydrogen (secondary N) is 2. The third kappa shape index (κ3) is 1.76. The molecule has 4 N–H and O–H groups in total. The lowest BCUT2D eigenvalue weighted by Gasteiger charge is -2.02. The SMILES string of the molecule is Nc1nc2nc[nH]c2c(Oc2ccccc2)[nH+]1. The Labute approximate surface area is 96.5 Å². The molecule has 2 heterocycles. The van der Waals surface area contributed by atoms with Crippen LogP contribution in [0.25, 0.3) is 11.2 Å². The van der Waals surface area contributed by atoms with Gasteiger partial charge in [0.15, 0.2) is 5.52 Å². The van der Waals surface area contributed by atoms with Crippen LogP contribution in [0.4, 0.5) is 5.95 Å². The summed E-state index contributed by atoms with van der Waals surface area (Å²) in [7, 11) is 0. The van der Waals surface area contributed by atoms with Gasteiger partial charge in [-0.05, 0) is 17.1 Å². The summed E-state index contributed by atoms with van der Waals surface area (Å²) in [6, 6.07) is 9.41. The minimum atomic E-state index is 0.260. The number of aromatic amines is 2.